The molecule has 0 radical (unpaired) electrons. The van der Waals surface area contributed by atoms with Gasteiger partial charge in [-0.15, -0.1) is 0 Å². The molecular weight excluding hydrogens is 282 g/mol. The molecule has 1 aromatic carbocycles. The SMILES string of the molecule is CCS(=O)(=O)CCNC1CC(c2ccc(Cl)cc2)C1. The van der Waals surface area contributed by atoms with Crippen LogP contribution in [0.3, 0.4) is 0 Å². The maximum absolute atomic E-state index is 11.4. The lowest BCUT2D eigenvalue weighted by Crippen LogP contribution is -2.42. The molecule has 0 saturated heterocycles. The molecule has 0 heterocycles. The summed E-state index contributed by atoms with van der Waals surface area (Å²) in [4.78, 5) is 0. The lowest BCUT2D eigenvalue weighted by Gasteiger charge is -2.36. The van der Waals surface area contributed by atoms with E-state index in [1.165, 1.54) is 5.56 Å². The summed E-state index contributed by atoms with van der Waals surface area (Å²) >= 11 is 5.86. The zero-order valence-corrected chi connectivity index (χ0v) is 12.7. The average Bonchev–Trinajstić information content (AvgIpc) is 2.34. The van der Waals surface area contributed by atoms with Crippen molar-refractivity contribution in [1.82, 2.24) is 5.32 Å². The van der Waals surface area contributed by atoms with Gasteiger partial charge in [0.05, 0.1) is 5.75 Å². The number of benzene rings is 1. The van der Waals surface area contributed by atoms with Crippen LogP contribution in [0.4, 0.5) is 0 Å². The van der Waals surface area contributed by atoms with Crippen LogP contribution in [0.5, 0.6) is 0 Å². The molecule has 1 aliphatic carbocycles. The predicted octanol–water partition coefficient (Wildman–Crippen LogP) is 2.61. The van der Waals surface area contributed by atoms with Gasteiger partial charge in [0.1, 0.15) is 0 Å². The summed E-state index contributed by atoms with van der Waals surface area (Å²) in [5.41, 5.74) is 1.32. The van der Waals surface area contributed by atoms with Gasteiger partial charge in [-0.1, -0.05) is 30.7 Å². The molecule has 0 spiro atoms. The first kappa shape index (κ1) is 14.8. The van der Waals surface area contributed by atoms with Crippen molar-refractivity contribution in [2.75, 3.05) is 18.1 Å². The Kier molecular flexibility index (Phi) is 4.87. The van der Waals surface area contributed by atoms with Gasteiger partial charge in [0.2, 0.25) is 0 Å². The molecule has 1 aromatic rings. The fourth-order valence-electron chi connectivity index (χ4n) is 2.35. The molecule has 1 fully saturated rings. The Morgan fingerprint density at radius 3 is 2.47 bits per heavy atom. The molecule has 0 atom stereocenters. The Morgan fingerprint density at radius 1 is 1.26 bits per heavy atom. The molecule has 1 aliphatic rings. The third-order valence-corrected chi connectivity index (χ3v) is 5.72. The van der Waals surface area contributed by atoms with E-state index in [0.717, 1.165) is 17.9 Å². The lowest BCUT2D eigenvalue weighted by atomic mass is 9.76. The van der Waals surface area contributed by atoms with Crippen LogP contribution in [0, 0.1) is 0 Å². The van der Waals surface area contributed by atoms with Gasteiger partial charge in [-0.3, -0.25) is 0 Å². The van der Waals surface area contributed by atoms with E-state index in [4.69, 9.17) is 11.6 Å². The molecule has 106 valence electrons. The average molecular weight is 302 g/mol. The van der Waals surface area contributed by atoms with Crippen molar-refractivity contribution in [2.45, 2.75) is 31.7 Å². The fourth-order valence-corrected chi connectivity index (χ4v) is 3.20. The molecule has 0 amide bonds. The third kappa shape index (κ3) is 4.20. The highest BCUT2D eigenvalue weighted by atomic mass is 35.5. The molecule has 2 rings (SSSR count). The van der Waals surface area contributed by atoms with Gasteiger partial charge < -0.3 is 5.32 Å². The maximum Gasteiger partial charge on any atom is 0.151 e. The molecule has 0 unspecified atom stereocenters. The fraction of sp³-hybridized carbons (Fsp3) is 0.571. The summed E-state index contributed by atoms with van der Waals surface area (Å²) < 4.78 is 22.7. The quantitative estimate of drug-likeness (QED) is 0.878. The second kappa shape index (κ2) is 6.25. The number of hydrogen-bond acceptors (Lipinski definition) is 3. The smallest absolute Gasteiger partial charge is 0.151 e. The first-order chi connectivity index (χ1) is 9.00. The summed E-state index contributed by atoms with van der Waals surface area (Å²) in [5, 5.41) is 4.08. The molecule has 0 aromatic heterocycles. The molecule has 0 aliphatic heterocycles. The second-order valence-electron chi connectivity index (χ2n) is 5.11. The Bertz CT molecular complexity index is 507. The number of halogens is 1. The van der Waals surface area contributed by atoms with Crippen LogP contribution in [-0.4, -0.2) is 32.5 Å². The zero-order chi connectivity index (χ0) is 13.9. The van der Waals surface area contributed by atoms with Gasteiger partial charge in [-0.05, 0) is 36.5 Å². The maximum atomic E-state index is 11.4. The van der Waals surface area contributed by atoms with E-state index >= 15 is 0 Å². The monoisotopic (exact) mass is 301 g/mol. The number of hydrogen-bond donors (Lipinski definition) is 1. The van der Waals surface area contributed by atoms with Crippen molar-refractivity contribution in [3.05, 3.63) is 34.9 Å². The van der Waals surface area contributed by atoms with Crippen LogP contribution >= 0.6 is 11.6 Å². The van der Waals surface area contributed by atoms with Crippen molar-refractivity contribution >= 4 is 21.4 Å². The minimum absolute atomic E-state index is 0.229. The van der Waals surface area contributed by atoms with Gasteiger partial charge in [-0.25, -0.2) is 8.42 Å². The molecule has 0 bridgehead atoms. The van der Waals surface area contributed by atoms with Crippen molar-refractivity contribution in [3.8, 4) is 0 Å². The van der Waals surface area contributed by atoms with Crippen LogP contribution in [0.2, 0.25) is 5.02 Å². The van der Waals surface area contributed by atoms with E-state index in [-0.39, 0.29) is 11.5 Å². The highest BCUT2D eigenvalue weighted by Gasteiger charge is 2.29. The highest BCUT2D eigenvalue weighted by Crippen LogP contribution is 2.37. The Labute approximate surface area is 120 Å². The van der Waals surface area contributed by atoms with Crippen molar-refractivity contribution in [1.29, 1.82) is 0 Å². The van der Waals surface area contributed by atoms with Crippen LogP contribution in [0.15, 0.2) is 24.3 Å². The summed E-state index contributed by atoms with van der Waals surface area (Å²) in [7, 11) is -2.85. The third-order valence-electron chi connectivity index (χ3n) is 3.77. The first-order valence-electron chi connectivity index (χ1n) is 6.69. The Balaban J connectivity index is 1.71. The van der Waals surface area contributed by atoms with E-state index in [9.17, 15) is 8.42 Å². The van der Waals surface area contributed by atoms with E-state index < -0.39 is 9.84 Å². The lowest BCUT2D eigenvalue weighted by molar-refractivity contribution is 0.296. The number of rotatable bonds is 6. The van der Waals surface area contributed by atoms with Crippen molar-refractivity contribution < 1.29 is 8.42 Å². The first-order valence-corrected chi connectivity index (χ1v) is 8.89. The molecule has 1 saturated carbocycles. The molecule has 3 nitrogen and oxygen atoms in total. The number of nitrogens with one attached hydrogen (secondary N) is 1. The van der Waals surface area contributed by atoms with E-state index in [1.54, 1.807) is 6.92 Å². The molecule has 5 heteroatoms. The minimum Gasteiger partial charge on any atom is -0.313 e. The molecule has 1 N–H and O–H groups in total. The van der Waals surface area contributed by atoms with Crippen LogP contribution in [0.25, 0.3) is 0 Å². The van der Waals surface area contributed by atoms with Crippen molar-refractivity contribution in [3.63, 3.8) is 0 Å². The summed E-state index contributed by atoms with van der Waals surface area (Å²) in [6.45, 7) is 2.25. The van der Waals surface area contributed by atoms with E-state index in [0.29, 0.717) is 18.5 Å². The van der Waals surface area contributed by atoms with Gasteiger partial charge in [0, 0.05) is 23.4 Å². The van der Waals surface area contributed by atoms with Gasteiger partial charge in [0.15, 0.2) is 9.84 Å². The van der Waals surface area contributed by atoms with Gasteiger partial charge >= 0.3 is 0 Å². The molecule has 19 heavy (non-hydrogen) atoms. The Morgan fingerprint density at radius 2 is 1.89 bits per heavy atom. The van der Waals surface area contributed by atoms with Gasteiger partial charge in [0.25, 0.3) is 0 Å². The number of sulfone groups is 1. The van der Waals surface area contributed by atoms with E-state index in [2.05, 4.69) is 17.4 Å². The van der Waals surface area contributed by atoms with Gasteiger partial charge in [-0.2, -0.15) is 0 Å². The second-order valence-corrected chi connectivity index (χ2v) is 8.02. The minimum atomic E-state index is -2.85. The normalized spacial score (nSPS) is 23.1. The topological polar surface area (TPSA) is 46.2 Å². The van der Waals surface area contributed by atoms with Crippen LogP contribution < -0.4 is 5.32 Å². The molecular formula is C14H20ClNO2S. The zero-order valence-electron chi connectivity index (χ0n) is 11.1. The van der Waals surface area contributed by atoms with E-state index in [1.807, 2.05) is 12.1 Å². The summed E-state index contributed by atoms with van der Waals surface area (Å²) in [6.07, 6.45) is 2.15. The summed E-state index contributed by atoms with van der Waals surface area (Å²) in [6, 6.07) is 8.44. The summed E-state index contributed by atoms with van der Waals surface area (Å²) in [5.74, 6) is 1.05. The van der Waals surface area contributed by atoms with Crippen LogP contribution in [-0.2, 0) is 9.84 Å². The largest absolute Gasteiger partial charge is 0.313 e. The standard InChI is InChI=1S/C14H20ClNO2S/c1-2-19(17,18)8-7-16-14-9-12(10-14)11-3-5-13(15)6-4-11/h3-6,12,14,16H,2,7-10H2,1H3. The van der Waals surface area contributed by atoms with Crippen molar-refractivity contribution in [2.24, 2.45) is 0 Å². The van der Waals surface area contributed by atoms with Crippen LogP contribution in [0.1, 0.15) is 31.2 Å². The Hall–Kier alpha value is -0.580. The highest BCUT2D eigenvalue weighted by molar-refractivity contribution is 7.91. The predicted molar refractivity (Wildman–Crippen MR) is 79.5 cm³/mol.